The maximum Gasteiger partial charge on any atom is 0.207 e. The summed E-state index contributed by atoms with van der Waals surface area (Å²) in [5.74, 6) is -0.475. The highest BCUT2D eigenvalue weighted by Gasteiger charge is 2.58. The number of benzene rings is 2. The van der Waals surface area contributed by atoms with Crippen molar-refractivity contribution in [3.8, 4) is 11.5 Å². The third-order valence-electron chi connectivity index (χ3n) is 5.98. The second-order valence-corrected chi connectivity index (χ2v) is 12.8. The van der Waals surface area contributed by atoms with Crippen molar-refractivity contribution in [3.63, 3.8) is 0 Å². The number of fused-ring (bicyclic) bond motifs is 1. The van der Waals surface area contributed by atoms with E-state index in [2.05, 4.69) is 72.8 Å². The largest absolute Gasteiger partial charge is 0.506 e. The number of aryl methyl sites for hydroxylation is 1. The first-order valence-electron chi connectivity index (χ1n) is 11.2. The summed E-state index contributed by atoms with van der Waals surface area (Å²) < 4.78 is 26.9. The first-order chi connectivity index (χ1) is 16.9. The Kier molecular flexibility index (Phi) is 8.89. The van der Waals surface area contributed by atoms with Gasteiger partial charge in [0, 0.05) is 34.2 Å². The highest BCUT2D eigenvalue weighted by Crippen LogP contribution is 2.41. The van der Waals surface area contributed by atoms with Gasteiger partial charge in [-0.15, -0.1) is 0 Å². The predicted octanol–water partition coefficient (Wildman–Crippen LogP) is 5.02. The maximum absolute atomic E-state index is 10.6. The van der Waals surface area contributed by atoms with E-state index >= 15 is 0 Å². The van der Waals surface area contributed by atoms with E-state index in [1.54, 1.807) is 19.5 Å². The summed E-state index contributed by atoms with van der Waals surface area (Å²) in [4.78, 5) is 9.46. The van der Waals surface area contributed by atoms with E-state index in [1.165, 1.54) is 0 Å². The minimum atomic E-state index is -1.25. The molecular formula is C25H27I3N2O6. The van der Waals surface area contributed by atoms with Crippen LogP contribution in [0.15, 0.2) is 34.3 Å². The van der Waals surface area contributed by atoms with Crippen LogP contribution in [0.1, 0.15) is 30.5 Å². The third-order valence-corrected chi connectivity index (χ3v) is 8.25. The van der Waals surface area contributed by atoms with Crippen molar-refractivity contribution in [1.82, 2.24) is 0 Å². The standard InChI is InChI=1S/C25H27I3N2O6/c1-13-5-14(20(31)17(27)6-13)9-29-12-25(30-10-15-7-16(26)8-18(28)21(15)32)23(33-4)22-19(11-34-25)35-24(2,3)36-22/h5-10,19,22-23,31-32H,11-12H2,1-4H3/t19-,22?,23-,25?/m1/s1. The Balaban J connectivity index is 1.73. The van der Waals surface area contributed by atoms with E-state index < -0.39 is 23.7 Å². The molecule has 0 spiro atoms. The molecule has 0 aliphatic carbocycles. The van der Waals surface area contributed by atoms with Gasteiger partial charge in [-0.3, -0.25) is 9.98 Å². The van der Waals surface area contributed by atoms with Gasteiger partial charge in [0.05, 0.1) is 20.3 Å². The number of nitrogens with zero attached hydrogens (tertiary/aromatic N) is 2. The molecule has 2 saturated heterocycles. The molecule has 11 heteroatoms. The quantitative estimate of drug-likeness (QED) is 0.314. The molecule has 2 fully saturated rings. The van der Waals surface area contributed by atoms with Crippen molar-refractivity contribution in [2.45, 2.75) is 50.6 Å². The topological polar surface area (TPSA) is 102 Å². The molecule has 2 N–H and O–H groups in total. The number of phenols is 2. The van der Waals surface area contributed by atoms with Gasteiger partial charge in [0.15, 0.2) is 5.79 Å². The van der Waals surface area contributed by atoms with Crippen molar-refractivity contribution in [1.29, 1.82) is 0 Å². The fourth-order valence-electron chi connectivity index (χ4n) is 4.42. The average molecular weight is 832 g/mol. The van der Waals surface area contributed by atoms with Gasteiger partial charge in [-0.05, 0) is 118 Å². The van der Waals surface area contributed by atoms with Crippen LogP contribution in [0.5, 0.6) is 11.5 Å². The molecule has 0 radical (unpaired) electrons. The number of methoxy groups -OCH3 is 1. The summed E-state index contributed by atoms with van der Waals surface area (Å²) in [6.45, 7) is 6.01. The van der Waals surface area contributed by atoms with E-state index in [0.717, 1.165) is 16.3 Å². The molecule has 8 nitrogen and oxygen atoms in total. The number of hydrogen-bond donors (Lipinski definition) is 2. The molecule has 194 valence electrons. The molecule has 2 aliphatic heterocycles. The Hall–Kier alpha value is -0.590. The van der Waals surface area contributed by atoms with Crippen molar-refractivity contribution in [3.05, 3.63) is 51.7 Å². The first-order valence-corrected chi connectivity index (χ1v) is 14.4. The monoisotopic (exact) mass is 832 g/mol. The third kappa shape index (κ3) is 6.01. The van der Waals surface area contributed by atoms with Crippen LogP contribution >= 0.6 is 67.8 Å². The Morgan fingerprint density at radius 1 is 1.03 bits per heavy atom. The summed E-state index contributed by atoms with van der Waals surface area (Å²) in [7, 11) is 1.58. The number of phenolic OH excluding ortho intramolecular Hbond substituents is 2. The van der Waals surface area contributed by atoms with Gasteiger partial charge < -0.3 is 29.2 Å². The minimum Gasteiger partial charge on any atom is -0.506 e. The molecule has 2 aromatic carbocycles. The molecule has 4 rings (SSSR count). The molecule has 2 heterocycles. The van der Waals surface area contributed by atoms with Gasteiger partial charge >= 0.3 is 0 Å². The number of rotatable bonds is 6. The van der Waals surface area contributed by atoms with E-state index in [1.807, 2.05) is 45.0 Å². The van der Waals surface area contributed by atoms with Crippen molar-refractivity contribution in [2.75, 3.05) is 20.3 Å². The van der Waals surface area contributed by atoms with Gasteiger partial charge in [-0.1, -0.05) is 0 Å². The lowest BCUT2D eigenvalue weighted by Gasteiger charge is -2.43. The van der Waals surface area contributed by atoms with Crippen molar-refractivity contribution >= 4 is 80.2 Å². The summed E-state index contributed by atoms with van der Waals surface area (Å²) in [5, 5.41) is 21.1. The predicted molar refractivity (Wildman–Crippen MR) is 162 cm³/mol. The highest BCUT2D eigenvalue weighted by atomic mass is 127. The second kappa shape index (κ2) is 11.3. The summed E-state index contributed by atoms with van der Waals surface area (Å²) in [5.41, 5.74) is 0.931. The van der Waals surface area contributed by atoms with Crippen molar-refractivity contribution < 1.29 is 29.2 Å². The van der Waals surface area contributed by atoms with E-state index in [-0.39, 0.29) is 30.8 Å². The maximum atomic E-state index is 10.6. The lowest BCUT2D eigenvalue weighted by Crippen LogP contribution is -2.61. The van der Waals surface area contributed by atoms with Gasteiger partial charge in [0.2, 0.25) is 5.72 Å². The summed E-state index contributed by atoms with van der Waals surface area (Å²) >= 11 is 6.38. The molecule has 0 saturated carbocycles. The zero-order chi connectivity index (χ0) is 26.3. The van der Waals surface area contributed by atoms with Crippen LogP contribution in [0.3, 0.4) is 0 Å². The Labute approximate surface area is 251 Å². The summed E-state index contributed by atoms with van der Waals surface area (Å²) in [6.07, 6.45) is 1.83. The Morgan fingerprint density at radius 3 is 2.39 bits per heavy atom. The van der Waals surface area contributed by atoms with Gasteiger partial charge in [0.25, 0.3) is 0 Å². The normalized spacial score (nSPS) is 27.7. The van der Waals surface area contributed by atoms with Gasteiger partial charge in [-0.2, -0.15) is 0 Å². The molecule has 0 amide bonds. The minimum absolute atomic E-state index is 0.0980. The van der Waals surface area contributed by atoms with E-state index in [9.17, 15) is 10.2 Å². The zero-order valence-electron chi connectivity index (χ0n) is 20.2. The van der Waals surface area contributed by atoms with Crippen LogP contribution < -0.4 is 0 Å². The number of halogens is 3. The highest BCUT2D eigenvalue weighted by molar-refractivity contribution is 14.1. The zero-order valence-corrected chi connectivity index (χ0v) is 26.6. The van der Waals surface area contributed by atoms with Crippen LogP contribution in [-0.2, 0) is 18.9 Å². The van der Waals surface area contributed by atoms with Crippen LogP contribution in [-0.4, -0.2) is 72.7 Å². The van der Waals surface area contributed by atoms with Gasteiger partial charge in [-0.25, -0.2) is 0 Å². The molecule has 2 aromatic rings. The number of aromatic hydroxyl groups is 2. The number of aliphatic imine (C=N–C) groups is 2. The fourth-order valence-corrected chi connectivity index (χ4v) is 7.11. The van der Waals surface area contributed by atoms with Crippen LogP contribution in [0, 0.1) is 17.6 Å². The lowest BCUT2D eigenvalue weighted by atomic mass is 9.94. The molecule has 0 bridgehead atoms. The van der Waals surface area contributed by atoms with E-state index in [4.69, 9.17) is 23.9 Å². The van der Waals surface area contributed by atoms with Crippen LogP contribution in [0.25, 0.3) is 0 Å². The first kappa shape index (κ1) is 28.4. The SMILES string of the molecule is CO[C@@H]1C2OC(C)(C)O[C@@H]2COC1(CN=Cc1cc(C)cc(I)c1O)N=Cc1cc(I)cc(I)c1O. The van der Waals surface area contributed by atoms with Crippen LogP contribution in [0.4, 0.5) is 0 Å². The smallest absolute Gasteiger partial charge is 0.207 e. The second-order valence-electron chi connectivity index (χ2n) is 9.19. The molecule has 36 heavy (non-hydrogen) atoms. The number of ether oxygens (including phenoxy) is 4. The number of hydrogen-bond acceptors (Lipinski definition) is 8. The van der Waals surface area contributed by atoms with E-state index in [0.29, 0.717) is 11.1 Å². The molecule has 2 unspecified atom stereocenters. The van der Waals surface area contributed by atoms with Crippen LogP contribution in [0.2, 0.25) is 0 Å². The fraction of sp³-hybridized carbons (Fsp3) is 0.440. The lowest BCUT2D eigenvalue weighted by molar-refractivity contribution is -0.211. The molecule has 4 atom stereocenters. The molecule has 0 aromatic heterocycles. The van der Waals surface area contributed by atoms with Crippen molar-refractivity contribution in [2.24, 2.45) is 9.98 Å². The van der Waals surface area contributed by atoms with Gasteiger partial charge in [0.1, 0.15) is 29.8 Å². The summed E-state index contributed by atoms with van der Waals surface area (Å²) in [6, 6.07) is 7.50. The molecule has 2 aliphatic rings. The average Bonchev–Trinajstić information content (AvgIpc) is 3.12. The Bertz CT molecular complexity index is 1200. The Morgan fingerprint density at radius 2 is 1.69 bits per heavy atom. The molecular weight excluding hydrogens is 805 g/mol.